The molecule has 0 atom stereocenters. The summed E-state index contributed by atoms with van der Waals surface area (Å²) in [5.74, 6) is 0.822. The summed E-state index contributed by atoms with van der Waals surface area (Å²) in [6, 6.07) is 14.0. The average Bonchev–Trinajstić information content (AvgIpc) is 2.69. The first-order valence-corrected chi connectivity index (χ1v) is 8.68. The van der Waals surface area contributed by atoms with Crippen LogP contribution < -0.4 is 15.1 Å². The van der Waals surface area contributed by atoms with Crippen LogP contribution in [0.15, 0.2) is 63.8 Å². The van der Waals surface area contributed by atoms with E-state index >= 15 is 0 Å². The molecule has 0 saturated carbocycles. The lowest BCUT2D eigenvalue weighted by Crippen LogP contribution is -2.11. The molecule has 0 aliphatic heterocycles. The third-order valence-electron chi connectivity index (χ3n) is 3.98. The van der Waals surface area contributed by atoms with Gasteiger partial charge in [-0.15, -0.1) is 0 Å². The molecule has 0 radical (unpaired) electrons. The van der Waals surface area contributed by atoms with E-state index in [2.05, 4.69) is 0 Å². The Morgan fingerprint density at radius 3 is 2.70 bits per heavy atom. The van der Waals surface area contributed by atoms with E-state index in [1.807, 2.05) is 19.1 Å². The van der Waals surface area contributed by atoms with Crippen molar-refractivity contribution in [3.8, 4) is 11.5 Å². The van der Waals surface area contributed by atoms with Crippen LogP contribution in [0, 0.1) is 0 Å². The highest BCUT2D eigenvalue weighted by atomic mass is 16.5. The molecule has 0 fully saturated rings. The summed E-state index contributed by atoms with van der Waals surface area (Å²) in [4.78, 5) is 24.5. The summed E-state index contributed by atoms with van der Waals surface area (Å²) in [6.45, 7) is 2.59. The van der Waals surface area contributed by atoms with Gasteiger partial charge in [-0.1, -0.05) is 37.3 Å². The van der Waals surface area contributed by atoms with Crippen molar-refractivity contribution in [3.05, 3.63) is 76.2 Å². The van der Waals surface area contributed by atoms with Gasteiger partial charge in [-0.2, -0.15) is 0 Å². The van der Waals surface area contributed by atoms with E-state index in [0.717, 1.165) is 12.0 Å². The standard InChI is InChI=1S/C22H20O5/c1-3-12-26-21-13-15(9-11-20(21)25-2)8-10-18(23)17-14-16-6-4-5-7-19(16)27-22(17)24/h4-11,13-14H,3,12H2,1-2H3/b10-8+. The molecule has 0 aliphatic carbocycles. The van der Waals surface area contributed by atoms with Gasteiger partial charge in [0.1, 0.15) is 11.1 Å². The van der Waals surface area contributed by atoms with Gasteiger partial charge >= 0.3 is 5.63 Å². The van der Waals surface area contributed by atoms with Gasteiger partial charge in [0.25, 0.3) is 0 Å². The maximum Gasteiger partial charge on any atom is 0.347 e. The molecule has 138 valence electrons. The fraction of sp³-hybridized carbons (Fsp3) is 0.182. The molecule has 3 aromatic rings. The number of fused-ring (bicyclic) bond motifs is 1. The van der Waals surface area contributed by atoms with Crippen LogP contribution in [0.5, 0.6) is 11.5 Å². The molecule has 0 amide bonds. The van der Waals surface area contributed by atoms with Gasteiger partial charge in [0.15, 0.2) is 17.3 Å². The van der Waals surface area contributed by atoms with E-state index in [4.69, 9.17) is 13.9 Å². The van der Waals surface area contributed by atoms with E-state index in [-0.39, 0.29) is 5.56 Å². The Morgan fingerprint density at radius 2 is 1.93 bits per heavy atom. The molecule has 0 bridgehead atoms. The molecule has 5 heteroatoms. The normalized spacial score (nSPS) is 11.0. The first-order chi connectivity index (χ1) is 13.1. The van der Waals surface area contributed by atoms with Crippen LogP contribution in [0.4, 0.5) is 0 Å². The smallest absolute Gasteiger partial charge is 0.347 e. The minimum Gasteiger partial charge on any atom is -0.493 e. The number of benzene rings is 2. The van der Waals surface area contributed by atoms with Gasteiger partial charge in [-0.05, 0) is 42.3 Å². The number of para-hydroxylation sites is 1. The molecular weight excluding hydrogens is 344 g/mol. The van der Waals surface area contributed by atoms with E-state index in [0.29, 0.717) is 29.1 Å². The zero-order valence-electron chi connectivity index (χ0n) is 15.2. The SMILES string of the molecule is CCCOc1cc(/C=C/C(=O)c2cc3ccccc3oc2=O)ccc1OC. The van der Waals surface area contributed by atoms with E-state index in [1.54, 1.807) is 49.6 Å². The number of ketones is 1. The molecule has 0 spiro atoms. The number of carbonyl (C=O) groups is 1. The fourth-order valence-electron chi connectivity index (χ4n) is 2.62. The monoisotopic (exact) mass is 364 g/mol. The van der Waals surface area contributed by atoms with Gasteiger partial charge in [-0.25, -0.2) is 4.79 Å². The van der Waals surface area contributed by atoms with Crippen LogP contribution in [-0.2, 0) is 0 Å². The molecule has 0 saturated heterocycles. The second-order valence-electron chi connectivity index (χ2n) is 5.94. The van der Waals surface area contributed by atoms with Crippen molar-refractivity contribution in [1.82, 2.24) is 0 Å². The lowest BCUT2D eigenvalue weighted by atomic mass is 10.1. The van der Waals surface area contributed by atoms with Crippen molar-refractivity contribution >= 4 is 22.8 Å². The quantitative estimate of drug-likeness (QED) is 0.351. The van der Waals surface area contributed by atoms with E-state index in [9.17, 15) is 9.59 Å². The van der Waals surface area contributed by atoms with Crippen molar-refractivity contribution in [2.45, 2.75) is 13.3 Å². The maximum absolute atomic E-state index is 12.5. The Kier molecular flexibility index (Phi) is 5.71. The third kappa shape index (κ3) is 4.26. The lowest BCUT2D eigenvalue weighted by Gasteiger charge is -2.10. The van der Waals surface area contributed by atoms with Crippen LogP contribution in [0.1, 0.15) is 29.3 Å². The summed E-state index contributed by atoms with van der Waals surface area (Å²) in [5.41, 5.74) is 0.572. The Balaban J connectivity index is 1.86. The number of hydrogen-bond acceptors (Lipinski definition) is 5. The number of rotatable bonds is 7. The number of allylic oxidation sites excluding steroid dienone is 1. The fourth-order valence-corrected chi connectivity index (χ4v) is 2.62. The molecule has 1 aromatic heterocycles. The Morgan fingerprint density at radius 1 is 1.11 bits per heavy atom. The zero-order valence-corrected chi connectivity index (χ0v) is 15.2. The highest BCUT2D eigenvalue weighted by molar-refractivity contribution is 6.07. The zero-order chi connectivity index (χ0) is 19.2. The second-order valence-corrected chi connectivity index (χ2v) is 5.94. The summed E-state index contributed by atoms with van der Waals surface area (Å²) >= 11 is 0. The maximum atomic E-state index is 12.5. The van der Waals surface area contributed by atoms with Crippen molar-refractivity contribution in [1.29, 1.82) is 0 Å². The van der Waals surface area contributed by atoms with E-state index in [1.165, 1.54) is 6.08 Å². The predicted molar refractivity (Wildman–Crippen MR) is 105 cm³/mol. The van der Waals surface area contributed by atoms with Crippen molar-refractivity contribution in [2.75, 3.05) is 13.7 Å². The summed E-state index contributed by atoms with van der Waals surface area (Å²) in [7, 11) is 1.58. The van der Waals surface area contributed by atoms with Gasteiger partial charge < -0.3 is 13.9 Å². The van der Waals surface area contributed by atoms with Crippen molar-refractivity contribution in [2.24, 2.45) is 0 Å². The van der Waals surface area contributed by atoms with Gasteiger partial charge in [0, 0.05) is 5.39 Å². The topological polar surface area (TPSA) is 65.7 Å². The van der Waals surface area contributed by atoms with Crippen molar-refractivity contribution < 1.29 is 18.7 Å². The molecule has 27 heavy (non-hydrogen) atoms. The summed E-state index contributed by atoms with van der Waals surface area (Å²) in [6.07, 6.45) is 3.86. The molecule has 3 rings (SSSR count). The highest BCUT2D eigenvalue weighted by Crippen LogP contribution is 2.28. The minimum absolute atomic E-state index is 0.000850. The number of carbonyl (C=O) groups excluding carboxylic acids is 1. The van der Waals surface area contributed by atoms with Crippen LogP contribution in [0.25, 0.3) is 17.0 Å². The molecule has 2 aromatic carbocycles. The largest absolute Gasteiger partial charge is 0.493 e. The molecule has 0 N–H and O–H groups in total. The van der Waals surface area contributed by atoms with E-state index < -0.39 is 11.4 Å². The van der Waals surface area contributed by atoms with Crippen LogP contribution in [-0.4, -0.2) is 19.5 Å². The number of hydrogen-bond donors (Lipinski definition) is 0. The number of ether oxygens (including phenoxy) is 2. The summed E-state index contributed by atoms with van der Waals surface area (Å²) in [5, 5.41) is 0.702. The van der Waals surface area contributed by atoms with Crippen LogP contribution >= 0.6 is 0 Å². The van der Waals surface area contributed by atoms with Crippen LogP contribution in [0.3, 0.4) is 0 Å². The molecule has 0 aliphatic rings. The van der Waals surface area contributed by atoms with Crippen molar-refractivity contribution in [3.63, 3.8) is 0 Å². The molecular formula is C22H20O5. The number of methoxy groups -OCH3 is 1. The Hall–Kier alpha value is -3.34. The average molecular weight is 364 g/mol. The predicted octanol–water partition coefficient (Wildman–Crippen LogP) is 4.49. The minimum atomic E-state index is -0.648. The Labute approximate surface area is 156 Å². The van der Waals surface area contributed by atoms with Gasteiger partial charge in [-0.3, -0.25) is 4.79 Å². The third-order valence-corrected chi connectivity index (χ3v) is 3.98. The Bertz CT molecular complexity index is 1050. The highest BCUT2D eigenvalue weighted by Gasteiger charge is 2.11. The lowest BCUT2D eigenvalue weighted by molar-refractivity contribution is 0.104. The first-order valence-electron chi connectivity index (χ1n) is 8.68. The second kappa shape index (κ2) is 8.36. The first kappa shape index (κ1) is 18.5. The van der Waals surface area contributed by atoms with Gasteiger partial charge in [0.05, 0.1) is 13.7 Å². The summed E-state index contributed by atoms with van der Waals surface area (Å²) < 4.78 is 16.2. The van der Waals surface area contributed by atoms with Gasteiger partial charge in [0.2, 0.25) is 0 Å². The molecule has 0 unspecified atom stereocenters. The molecule has 5 nitrogen and oxygen atoms in total. The molecule has 1 heterocycles. The van der Waals surface area contributed by atoms with Crippen LogP contribution in [0.2, 0.25) is 0 Å².